The second kappa shape index (κ2) is 47.2. The Balaban J connectivity index is 0.000000269. The van der Waals surface area contributed by atoms with Gasteiger partial charge >= 0.3 is 11.9 Å². The summed E-state index contributed by atoms with van der Waals surface area (Å²) in [6.07, 6.45) is 15.8. The molecule has 0 heterocycles. The van der Waals surface area contributed by atoms with Crippen LogP contribution in [0.15, 0.2) is 158 Å². The molecule has 26 nitrogen and oxygen atoms in total. The maximum absolute atomic E-state index is 14.2. The molecule has 2 fully saturated rings. The van der Waals surface area contributed by atoms with Crippen LogP contribution in [0.25, 0.3) is 0 Å². The van der Waals surface area contributed by atoms with E-state index in [0.717, 1.165) is 136 Å². The highest BCUT2D eigenvalue weighted by Crippen LogP contribution is 2.31. The van der Waals surface area contributed by atoms with Gasteiger partial charge in [0, 0.05) is 12.8 Å². The molecule has 3 unspecified atom stereocenters. The number of hydrogen-bond acceptors (Lipinski definition) is 16. The zero-order valence-electron chi connectivity index (χ0n) is 67.4. The number of ketones is 1. The van der Waals surface area contributed by atoms with E-state index in [1.54, 1.807) is 79.7 Å². The van der Waals surface area contributed by atoms with Crippen LogP contribution in [0.5, 0.6) is 0 Å². The molecular weight excluding hydrogens is 1500 g/mol. The number of esters is 2. The lowest BCUT2D eigenvalue weighted by Crippen LogP contribution is -2.59. The van der Waals surface area contributed by atoms with Crippen LogP contribution in [0, 0.1) is 11.8 Å². The van der Waals surface area contributed by atoms with Crippen LogP contribution < -0.4 is 53.2 Å². The normalized spacial score (nSPS) is 16.1. The molecule has 0 saturated heterocycles. The number of fused-ring (bicyclic) bond motifs is 2. The molecule has 0 aliphatic heterocycles. The van der Waals surface area contributed by atoms with E-state index >= 15 is 0 Å². The van der Waals surface area contributed by atoms with Gasteiger partial charge in [0.2, 0.25) is 56.9 Å². The summed E-state index contributed by atoms with van der Waals surface area (Å²) in [4.78, 5) is 173. The maximum atomic E-state index is 14.2. The predicted octanol–water partition coefficient (Wildman–Crippen LogP) is 7.77. The summed E-state index contributed by atoms with van der Waals surface area (Å²) in [5, 5.41) is 37.7. The molecule has 10 amide bonds. The standard InChI is InChI=1S/C45H56BN5O8.C45H54BN5O8/c2*1-2-15-35(40(53)43(56)47-27-37(52)50-39(32-21-10-5-11-22-32)44(57)59-28-29-16-6-3-7-17-29)48-41(54)36(26-33-24-14-23-30-18-12-13-25-34(30)33)49-42(55)38(51-45(46)58)31-19-8-4-9-20-31/h3,5-7,10-11,14,16-17,21-24,31,35-36,38-40,53H,2,4,8-9,12-13,15,18-20,25-28H2,1H3,(H,47,56)(H,48,54)(H,49,55)(H,50,52)(H,51,58);3,5-7,10-11,14,16-17,21-24,31,35-36,38-39H,2,4,8-9,12-13,15,18-20,25-28H2,1H3,(H,47,56)(H,48,54)(H,49,55)(H,50,52)(H,51,58)/t35?,36-,38-,39-,40?;35?,36-,38-,39-/m00/s1. The first-order valence-corrected chi connectivity index (χ1v) is 41.5. The number of ether oxygens (including phenoxy) is 2. The number of amides is 10. The monoisotopic (exact) mass is 1610 g/mol. The highest BCUT2D eigenvalue weighted by Gasteiger charge is 2.39. The Morgan fingerprint density at radius 2 is 0.788 bits per heavy atom. The van der Waals surface area contributed by atoms with Crippen molar-refractivity contribution in [3.63, 3.8) is 0 Å². The molecule has 4 aliphatic carbocycles. The predicted molar refractivity (Wildman–Crippen MR) is 445 cm³/mol. The van der Waals surface area contributed by atoms with E-state index in [0.29, 0.717) is 36.8 Å². The smallest absolute Gasteiger partial charge is 0.333 e. The number of nitrogens with one attached hydrogen (secondary N) is 10. The fourth-order valence-corrected chi connectivity index (χ4v) is 16.0. The molecule has 10 rings (SSSR count). The lowest BCUT2D eigenvalue weighted by molar-refractivity contribution is -0.149. The highest BCUT2D eigenvalue weighted by atomic mass is 16.5. The van der Waals surface area contributed by atoms with E-state index in [9.17, 15) is 67.4 Å². The van der Waals surface area contributed by atoms with E-state index in [1.807, 2.05) is 79.7 Å². The van der Waals surface area contributed by atoms with Crippen molar-refractivity contribution in [2.75, 3.05) is 13.1 Å². The Labute approximate surface area is 692 Å². The number of aliphatic hydroxyl groups excluding tert-OH is 1. The van der Waals surface area contributed by atoms with Gasteiger partial charge < -0.3 is 67.7 Å². The van der Waals surface area contributed by atoms with Gasteiger partial charge in [-0.1, -0.05) is 223 Å². The van der Waals surface area contributed by atoms with Gasteiger partial charge in [0.05, 0.1) is 25.2 Å². The van der Waals surface area contributed by atoms with Gasteiger partial charge in [-0.15, -0.1) is 0 Å². The number of carbonyl (C=O) groups excluding carboxylic acids is 13. The minimum Gasteiger partial charge on any atom is -0.459 e. The van der Waals surface area contributed by atoms with Gasteiger partial charge in [-0.05, 0) is 157 Å². The Morgan fingerprint density at radius 3 is 1.20 bits per heavy atom. The van der Waals surface area contributed by atoms with Crippen LogP contribution in [0.1, 0.15) is 197 Å². The Hall–Kier alpha value is -11.3. The first kappa shape index (κ1) is 90.6. The number of aliphatic hydroxyl groups is 1. The Kier molecular flexibility index (Phi) is 36.3. The van der Waals surface area contributed by atoms with Crippen molar-refractivity contribution in [2.24, 2.45) is 11.8 Å². The average Bonchev–Trinajstić information content (AvgIpc) is 0.830. The van der Waals surface area contributed by atoms with Crippen LogP contribution in [-0.2, 0) is 114 Å². The van der Waals surface area contributed by atoms with E-state index in [4.69, 9.17) is 25.2 Å². The molecule has 28 heteroatoms. The first-order valence-electron chi connectivity index (χ1n) is 41.5. The number of rotatable bonds is 38. The topological polar surface area (TPSA) is 381 Å². The van der Waals surface area contributed by atoms with Crippen molar-refractivity contribution in [1.29, 1.82) is 0 Å². The zero-order valence-corrected chi connectivity index (χ0v) is 67.4. The summed E-state index contributed by atoms with van der Waals surface area (Å²) in [5.41, 5.74) is 8.93. The lowest BCUT2D eigenvalue weighted by atomic mass is 9.82. The maximum Gasteiger partial charge on any atom is 0.333 e. The largest absolute Gasteiger partial charge is 0.459 e. The molecule has 6 aromatic carbocycles. The zero-order chi connectivity index (χ0) is 84.3. The second-order valence-electron chi connectivity index (χ2n) is 30.8. The second-order valence-corrected chi connectivity index (χ2v) is 30.8. The van der Waals surface area contributed by atoms with E-state index in [-0.39, 0.29) is 50.7 Å². The fourth-order valence-electron chi connectivity index (χ4n) is 16.0. The van der Waals surface area contributed by atoms with Gasteiger partial charge in [0.1, 0.15) is 37.4 Å². The van der Waals surface area contributed by atoms with Crippen molar-refractivity contribution in [3.05, 3.63) is 213 Å². The number of aryl methyl sites for hydroxylation is 2. The molecule has 9 atom stereocenters. The average molecular weight is 1610 g/mol. The van der Waals surface area contributed by atoms with Crippen LogP contribution in [0.2, 0.25) is 0 Å². The van der Waals surface area contributed by atoms with E-state index in [2.05, 4.69) is 65.3 Å². The summed E-state index contributed by atoms with van der Waals surface area (Å²) in [6, 6.07) is 38.2. The number of Topliss-reactive ketones (excluding diaryl/α,β-unsaturated/α-hetero) is 1. The van der Waals surface area contributed by atoms with E-state index in [1.165, 1.54) is 11.1 Å². The van der Waals surface area contributed by atoms with Crippen molar-refractivity contribution in [1.82, 2.24) is 53.2 Å². The summed E-state index contributed by atoms with van der Waals surface area (Å²) in [7, 11) is 11.0. The van der Waals surface area contributed by atoms with Gasteiger partial charge in [-0.2, -0.15) is 0 Å². The SMILES string of the molecule is [B]C(=O)N[C@H](C(=O)N[C@@H](Cc1cccc2c1CCCC2)C(=O)NC(CCC)C(=O)C(=O)NCC(=O)N[C@H](C(=O)OCc1ccccc1)c1ccccc1)C1CCCCC1.[B]C(=O)N[C@H](C(=O)N[C@@H](Cc1cccc2c1CCCC2)C(=O)NC(CCC)C(O)C(=O)NCC(=O)N[C@H](C(=O)OCc1ccccc1)c1ccccc1)C1CCCCC1. The van der Waals surface area contributed by atoms with Gasteiger partial charge in [-0.3, -0.25) is 52.7 Å². The van der Waals surface area contributed by atoms with Crippen molar-refractivity contribution < 1.29 is 76.9 Å². The van der Waals surface area contributed by atoms with Gasteiger partial charge in [0.15, 0.2) is 29.8 Å². The number of carbonyl (C=O) groups is 13. The molecule has 6 aromatic rings. The Morgan fingerprint density at radius 1 is 0.398 bits per heavy atom. The molecule has 11 N–H and O–H groups in total. The minimum atomic E-state index is -1.76. The van der Waals surface area contributed by atoms with Crippen LogP contribution in [0.3, 0.4) is 0 Å². The Bertz CT molecular complexity index is 4380. The third-order valence-electron chi connectivity index (χ3n) is 22.1. The summed E-state index contributed by atoms with van der Waals surface area (Å²) in [5.74, 6) is -10.2. The molecule has 4 aliphatic rings. The summed E-state index contributed by atoms with van der Waals surface area (Å²) < 4.78 is 11.0. The van der Waals surface area contributed by atoms with Gasteiger partial charge in [-0.25, -0.2) is 9.59 Å². The minimum absolute atomic E-state index is 0.00417. The lowest BCUT2D eigenvalue weighted by Gasteiger charge is -2.32. The molecule has 0 aromatic heterocycles. The van der Waals surface area contributed by atoms with Crippen LogP contribution in [-0.4, -0.2) is 153 Å². The molecule has 0 spiro atoms. The van der Waals surface area contributed by atoms with Crippen molar-refractivity contribution in [3.8, 4) is 0 Å². The highest BCUT2D eigenvalue weighted by molar-refractivity contribution is 6.57. The number of benzene rings is 6. The van der Waals surface area contributed by atoms with E-state index < -0.39 is 144 Å². The van der Waals surface area contributed by atoms with Gasteiger partial charge in [0.25, 0.3) is 11.8 Å². The quantitative estimate of drug-likeness (QED) is 0.0100. The van der Waals surface area contributed by atoms with Crippen LogP contribution >= 0.6 is 0 Å². The van der Waals surface area contributed by atoms with Crippen molar-refractivity contribution >= 4 is 92.3 Å². The molecule has 2 saturated carbocycles. The summed E-state index contributed by atoms with van der Waals surface area (Å²) in [6.45, 7) is 2.38. The molecular formula is C90H110B2N10O16. The van der Waals surface area contributed by atoms with Crippen molar-refractivity contribution in [2.45, 2.75) is 236 Å². The third kappa shape index (κ3) is 28.0. The number of hydrogen-bond donors (Lipinski definition) is 11. The summed E-state index contributed by atoms with van der Waals surface area (Å²) >= 11 is 0. The molecule has 4 radical (unpaired) electrons. The third-order valence-corrected chi connectivity index (χ3v) is 22.1. The van der Waals surface area contributed by atoms with Crippen LogP contribution in [0.4, 0.5) is 9.59 Å². The first-order chi connectivity index (χ1) is 57.1. The fraction of sp³-hybridized carbons (Fsp3) is 0.456. The molecule has 118 heavy (non-hydrogen) atoms. The molecule has 0 bridgehead atoms. The molecule has 622 valence electrons.